The molecule has 2 aliphatic heterocycles. The first-order valence-electron chi connectivity index (χ1n) is 22.7. The van der Waals surface area contributed by atoms with E-state index in [2.05, 4.69) is 22.0 Å². The third-order valence-electron chi connectivity index (χ3n) is 13.9. The minimum atomic E-state index is -5.13. The molecule has 1 aliphatic carbocycles. The summed E-state index contributed by atoms with van der Waals surface area (Å²) in [6, 6.07) is 25.1. The van der Waals surface area contributed by atoms with E-state index in [4.69, 9.17) is 32.7 Å². The largest absolute Gasteiger partial charge is 0.416 e. The Hall–Kier alpha value is -5.26. The summed E-state index contributed by atoms with van der Waals surface area (Å²) in [7, 11) is 3.44. The highest BCUT2D eigenvalue weighted by Crippen LogP contribution is 2.48. The Kier molecular flexibility index (Phi) is 14.7. The van der Waals surface area contributed by atoms with Crippen molar-refractivity contribution in [2.75, 3.05) is 73.1 Å². The summed E-state index contributed by atoms with van der Waals surface area (Å²) in [6.07, 6.45) is -7.64. The number of hydrogen-bond donors (Lipinski definition) is 0. The van der Waals surface area contributed by atoms with Gasteiger partial charge in [0.15, 0.2) is 0 Å². The van der Waals surface area contributed by atoms with Crippen LogP contribution in [-0.4, -0.2) is 122 Å². The lowest BCUT2D eigenvalue weighted by Gasteiger charge is -2.46. The van der Waals surface area contributed by atoms with Crippen LogP contribution in [0.5, 0.6) is 0 Å². The zero-order valence-electron chi connectivity index (χ0n) is 38.0. The van der Waals surface area contributed by atoms with Crippen LogP contribution >= 0.6 is 23.2 Å². The highest BCUT2D eigenvalue weighted by atomic mass is 35.5. The van der Waals surface area contributed by atoms with Gasteiger partial charge in [-0.2, -0.15) is 26.3 Å². The average Bonchev–Trinajstić information content (AvgIpc) is 3.64. The van der Waals surface area contributed by atoms with Gasteiger partial charge in [-0.05, 0) is 104 Å². The molecule has 3 aliphatic rings. The lowest BCUT2D eigenvalue weighted by molar-refractivity contribution is -0.143. The maximum Gasteiger partial charge on any atom is 0.416 e. The lowest BCUT2D eigenvalue weighted by Crippen LogP contribution is -2.54. The number of carbonyl (C=O) groups excluding carboxylic acids is 3. The molecule has 8 rings (SSSR count). The third-order valence-corrected chi connectivity index (χ3v) is 14.6. The van der Waals surface area contributed by atoms with Crippen molar-refractivity contribution in [3.8, 4) is 0 Å². The molecule has 2 saturated heterocycles. The van der Waals surface area contributed by atoms with Gasteiger partial charge < -0.3 is 29.1 Å². The topological polar surface area (TPSA) is 95.5 Å². The highest BCUT2D eigenvalue weighted by Gasteiger charge is 2.50. The maximum atomic E-state index is 13.9. The molecule has 10 nitrogen and oxygen atoms in total. The van der Waals surface area contributed by atoms with Crippen LogP contribution < -0.4 is 0 Å². The van der Waals surface area contributed by atoms with Crippen LogP contribution in [0.15, 0.2) is 97.1 Å². The fourth-order valence-corrected chi connectivity index (χ4v) is 10.3. The van der Waals surface area contributed by atoms with Gasteiger partial charge in [0.05, 0.1) is 45.9 Å². The molecule has 0 bridgehead atoms. The zero-order valence-corrected chi connectivity index (χ0v) is 39.5. The average molecular weight is 999 g/mol. The minimum absolute atomic E-state index is 0.00339. The fourth-order valence-electron chi connectivity index (χ4n) is 9.98. The number of ether oxygens (including phenoxy) is 2. The second-order valence-electron chi connectivity index (χ2n) is 18.2. The third kappa shape index (κ3) is 10.9. The molecule has 3 heterocycles. The molecule has 0 unspecified atom stereocenters. The first-order chi connectivity index (χ1) is 32.8. The predicted molar refractivity (Wildman–Crippen MR) is 249 cm³/mol. The molecule has 0 saturated carbocycles. The van der Waals surface area contributed by atoms with E-state index in [0.29, 0.717) is 88.2 Å². The van der Waals surface area contributed by atoms with Gasteiger partial charge in [-0.1, -0.05) is 77.8 Å². The molecular formula is C51H51Cl2F6N5O5. The lowest BCUT2D eigenvalue weighted by atomic mass is 9.72. The Balaban J connectivity index is 0.909. The second-order valence-corrected chi connectivity index (χ2v) is 19.0. The van der Waals surface area contributed by atoms with Crippen LogP contribution in [0.4, 0.5) is 26.3 Å². The SMILES string of the molecule is CN(CCCN(C)C(=O)c1ccc2ccccc2n1)C(=O)CO[C@H]1Cc2ccccc2C12CCN(CC[C@@]1(c3ccc(Cl)c(Cl)c3)CN(C(=O)c3cc(C(F)(F)F)cc(C(F)(F)F)c3)CCO1)CC2. The van der Waals surface area contributed by atoms with E-state index in [1.165, 1.54) is 10.5 Å². The smallest absolute Gasteiger partial charge is 0.367 e. The molecule has 69 heavy (non-hydrogen) atoms. The van der Waals surface area contributed by atoms with Crippen molar-refractivity contribution in [3.05, 3.63) is 146 Å². The number of nitrogens with zero attached hydrogens (tertiary/aromatic N) is 5. The normalized spacial score (nSPS) is 19.4. The summed E-state index contributed by atoms with van der Waals surface area (Å²) in [5.41, 5.74) is -1.53. The Morgan fingerprint density at radius 3 is 2.20 bits per heavy atom. The first-order valence-corrected chi connectivity index (χ1v) is 23.5. The van der Waals surface area contributed by atoms with Gasteiger partial charge in [0.25, 0.3) is 11.8 Å². The molecule has 1 spiro atoms. The van der Waals surface area contributed by atoms with Gasteiger partial charge in [-0.15, -0.1) is 0 Å². The van der Waals surface area contributed by atoms with Crippen molar-refractivity contribution < 1.29 is 50.2 Å². The summed E-state index contributed by atoms with van der Waals surface area (Å²) >= 11 is 12.8. The maximum absolute atomic E-state index is 13.9. The van der Waals surface area contributed by atoms with Crippen LogP contribution in [0.1, 0.15) is 74.3 Å². The molecule has 4 aromatic carbocycles. The van der Waals surface area contributed by atoms with Gasteiger partial charge in [-0.3, -0.25) is 14.4 Å². The number of benzene rings is 4. The van der Waals surface area contributed by atoms with Crippen LogP contribution in [0, 0.1) is 0 Å². The summed E-state index contributed by atoms with van der Waals surface area (Å²) in [4.78, 5) is 51.8. The number of fused-ring (bicyclic) bond motifs is 3. The van der Waals surface area contributed by atoms with Crippen molar-refractivity contribution in [2.45, 2.75) is 61.6 Å². The van der Waals surface area contributed by atoms with Gasteiger partial charge in [0.2, 0.25) is 5.91 Å². The number of likely N-dealkylation sites (N-methyl/N-ethyl adjacent to an activating group) is 1. The quantitative estimate of drug-likeness (QED) is 0.109. The van der Waals surface area contributed by atoms with E-state index in [0.717, 1.165) is 16.5 Å². The Bertz CT molecular complexity index is 2680. The molecule has 5 aromatic rings. The number of piperidine rings is 1. The number of aromatic nitrogens is 1. The summed E-state index contributed by atoms with van der Waals surface area (Å²) < 4.78 is 95.8. The van der Waals surface area contributed by atoms with Gasteiger partial charge in [-0.25, -0.2) is 4.98 Å². The van der Waals surface area contributed by atoms with Crippen LogP contribution in [-0.2, 0) is 44.1 Å². The number of amides is 3. The summed E-state index contributed by atoms with van der Waals surface area (Å²) in [5, 5.41) is 1.42. The number of hydrogen-bond acceptors (Lipinski definition) is 7. The van der Waals surface area contributed by atoms with Gasteiger partial charge >= 0.3 is 12.4 Å². The van der Waals surface area contributed by atoms with E-state index in [1.807, 2.05) is 42.5 Å². The number of alkyl halides is 6. The van der Waals surface area contributed by atoms with E-state index in [9.17, 15) is 40.7 Å². The van der Waals surface area contributed by atoms with Crippen LogP contribution in [0.3, 0.4) is 0 Å². The molecule has 366 valence electrons. The molecule has 3 amide bonds. The fraction of sp³-hybridized carbons (Fsp3) is 0.412. The van der Waals surface area contributed by atoms with Gasteiger partial charge in [0, 0.05) is 56.6 Å². The highest BCUT2D eigenvalue weighted by molar-refractivity contribution is 6.42. The molecule has 2 atom stereocenters. The minimum Gasteiger partial charge on any atom is -0.367 e. The molecule has 0 radical (unpaired) electrons. The molecule has 1 aromatic heterocycles. The number of rotatable bonds is 13. The summed E-state index contributed by atoms with van der Waals surface area (Å²) in [5.74, 6) is -1.37. The molecular weight excluding hydrogens is 947 g/mol. The standard InChI is InChI=1S/C51H51Cl2F6N5O5/c1-61(19-7-20-62(2)47(67)43-15-12-33-8-4-6-11-42(33)60-43)45(65)31-68-44-28-34-9-3-5-10-39(34)48(44)16-21-63(22-17-48)23-18-49(36-13-14-40(52)41(53)30-36)32-64(24-25-69-49)46(66)35-26-37(50(54,55)56)29-38(27-35)51(57,58)59/h3-6,8-15,26-27,29-30,44H,7,16-25,28,31-32H2,1-2H3/t44-,49-/m0/s1. The first kappa shape index (κ1) is 50.1. The summed E-state index contributed by atoms with van der Waals surface area (Å²) in [6.45, 7) is 2.14. The number of halogens is 8. The number of carbonyl (C=O) groups is 3. The van der Waals surface area contributed by atoms with E-state index in [-0.39, 0.29) is 65.7 Å². The Morgan fingerprint density at radius 2 is 1.49 bits per heavy atom. The number of likely N-dealkylation sites (tertiary alicyclic amines) is 1. The van der Waals surface area contributed by atoms with Crippen molar-refractivity contribution in [1.82, 2.24) is 24.6 Å². The predicted octanol–water partition coefficient (Wildman–Crippen LogP) is 9.93. The molecule has 18 heteroatoms. The monoisotopic (exact) mass is 997 g/mol. The van der Waals surface area contributed by atoms with Crippen LogP contribution in [0.2, 0.25) is 10.0 Å². The number of para-hydroxylation sites is 1. The molecule has 2 fully saturated rings. The van der Waals surface area contributed by atoms with Crippen LogP contribution in [0.25, 0.3) is 10.9 Å². The number of pyridine rings is 1. The van der Waals surface area contributed by atoms with Crippen molar-refractivity contribution in [2.24, 2.45) is 0 Å². The molecule has 0 N–H and O–H groups in total. The zero-order chi connectivity index (χ0) is 49.3. The van der Waals surface area contributed by atoms with Crippen molar-refractivity contribution in [1.29, 1.82) is 0 Å². The van der Waals surface area contributed by atoms with E-state index in [1.54, 1.807) is 48.2 Å². The second kappa shape index (κ2) is 20.2. The van der Waals surface area contributed by atoms with E-state index < -0.39 is 40.6 Å². The van der Waals surface area contributed by atoms with E-state index >= 15 is 0 Å². The Morgan fingerprint density at radius 1 is 0.812 bits per heavy atom. The number of morpholine rings is 1. The van der Waals surface area contributed by atoms with Crippen molar-refractivity contribution in [3.63, 3.8) is 0 Å². The Labute approximate surface area is 406 Å². The van der Waals surface area contributed by atoms with Gasteiger partial charge in [0.1, 0.15) is 17.9 Å². The van der Waals surface area contributed by atoms with Crippen molar-refractivity contribution >= 4 is 51.8 Å².